The number of rotatable bonds is 7. The fourth-order valence-electron chi connectivity index (χ4n) is 2.65. The Morgan fingerprint density at radius 2 is 1.92 bits per heavy atom. The molecule has 0 radical (unpaired) electrons. The minimum atomic E-state index is -0.328. The number of aromatic nitrogens is 1. The van der Waals surface area contributed by atoms with Gasteiger partial charge in [0.1, 0.15) is 0 Å². The van der Waals surface area contributed by atoms with Crippen LogP contribution in [0.1, 0.15) is 29.3 Å². The van der Waals surface area contributed by atoms with E-state index < -0.39 is 0 Å². The van der Waals surface area contributed by atoms with Crippen molar-refractivity contribution < 1.29 is 23.8 Å². The predicted molar refractivity (Wildman–Crippen MR) is 92.8 cm³/mol. The molecule has 0 bridgehead atoms. The van der Waals surface area contributed by atoms with Crippen molar-refractivity contribution in [3.8, 4) is 11.5 Å². The maximum absolute atomic E-state index is 12.8. The fourth-order valence-corrected chi connectivity index (χ4v) is 2.65. The van der Waals surface area contributed by atoms with Crippen LogP contribution in [0.2, 0.25) is 0 Å². The lowest BCUT2D eigenvalue weighted by Gasteiger charge is -2.22. The zero-order valence-corrected chi connectivity index (χ0v) is 14.5. The van der Waals surface area contributed by atoms with E-state index in [0.717, 1.165) is 5.56 Å². The van der Waals surface area contributed by atoms with Gasteiger partial charge in [-0.15, -0.1) is 0 Å². The fraction of sp³-hybridized carbons (Fsp3) is 0.316. The molecule has 1 aliphatic rings. The number of carbonyl (C=O) groups excluding carboxylic acids is 2. The molecule has 0 N–H and O–H groups in total. The molecule has 136 valence electrons. The number of nitrogens with zero attached hydrogens (tertiary/aromatic N) is 2. The van der Waals surface area contributed by atoms with Gasteiger partial charge in [0, 0.05) is 31.0 Å². The third-order valence-electron chi connectivity index (χ3n) is 3.92. The number of hydrogen-bond donors (Lipinski definition) is 0. The molecule has 0 spiro atoms. The summed E-state index contributed by atoms with van der Waals surface area (Å²) in [5, 5.41) is 0. The van der Waals surface area contributed by atoms with Gasteiger partial charge in [-0.25, -0.2) is 0 Å². The van der Waals surface area contributed by atoms with Crippen LogP contribution >= 0.6 is 0 Å². The topological polar surface area (TPSA) is 78.0 Å². The maximum atomic E-state index is 12.8. The minimum Gasteiger partial charge on any atom is -0.466 e. The highest BCUT2D eigenvalue weighted by atomic mass is 16.7. The van der Waals surface area contributed by atoms with Crippen LogP contribution in [-0.2, 0) is 16.1 Å². The zero-order valence-electron chi connectivity index (χ0n) is 14.5. The van der Waals surface area contributed by atoms with Gasteiger partial charge >= 0.3 is 5.97 Å². The van der Waals surface area contributed by atoms with E-state index in [4.69, 9.17) is 14.2 Å². The summed E-state index contributed by atoms with van der Waals surface area (Å²) in [7, 11) is 0. The number of hydrogen-bond acceptors (Lipinski definition) is 6. The van der Waals surface area contributed by atoms with Crippen molar-refractivity contribution in [1.29, 1.82) is 0 Å². The highest BCUT2D eigenvalue weighted by molar-refractivity contribution is 5.94. The first-order valence-electron chi connectivity index (χ1n) is 8.41. The van der Waals surface area contributed by atoms with Crippen molar-refractivity contribution in [2.75, 3.05) is 19.9 Å². The van der Waals surface area contributed by atoms with Gasteiger partial charge in [0.2, 0.25) is 6.79 Å². The molecule has 26 heavy (non-hydrogen) atoms. The number of fused-ring (bicyclic) bond motifs is 1. The normalized spacial score (nSPS) is 11.9. The first kappa shape index (κ1) is 17.7. The second-order valence-corrected chi connectivity index (χ2v) is 5.71. The third kappa shape index (κ3) is 4.30. The summed E-state index contributed by atoms with van der Waals surface area (Å²) < 4.78 is 15.7. The quantitative estimate of drug-likeness (QED) is 0.709. The van der Waals surface area contributed by atoms with Gasteiger partial charge in [-0.3, -0.25) is 14.6 Å². The third-order valence-corrected chi connectivity index (χ3v) is 3.92. The van der Waals surface area contributed by atoms with E-state index in [-0.39, 0.29) is 31.6 Å². The van der Waals surface area contributed by atoms with Crippen LogP contribution in [-0.4, -0.2) is 41.7 Å². The Hall–Kier alpha value is -3.09. The van der Waals surface area contributed by atoms with Crippen molar-refractivity contribution in [3.63, 3.8) is 0 Å². The molecule has 1 aliphatic heterocycles. The second-order valence-electron chi connectivity index (χ2n) is 5.71. The molecule has 1 amide bonds. The summed E-state index contributed by atoms with van der Waals surface area (Å²) in [5.74, 6) is 0.844. The Morgan fingerprint density at radius 1 is 1.15 bits per heavy atom. The number of carbonyl (C=O) groups is 2. The molecular formula is C19H20N2O5. The van der Waals surface area contributed by atoms with Crippen LogP contribution < -0.4 is 9.47 Å². The molecule has 0 unspecified atom stereocenters. The number of ether oxygens (including phenoxy) is 3. The summed E-state index contributed by atoms with van der Waals surface area (Å²) in [4.78, 5) is 30.1. The van der Waals surface area contributed by atoms with Crippen molar-refractivity contribution in [2.45, 2.75) is 19.9 Å². The lowest BCUT2D eigenvalue weighted by atomic mass is 10.1. The molecule has 7 nitrogen and oxygen atoms in total. The van der Waals surface area contributed by atoms with Gasteiger partial charge in [-0.1, -0.05) is 6.07 Å². The van der Waals surface area contributed by atoms with Crippen LogP contribution in [0.3, 0.4) is 0 Å². The Morgan fingerprint density at radius 3 is 2.69 bits per heavy atom. The monoisotopic (exact) mass is 356 g/mol. The molecule has 0 fully saturated rings. The second kappa shape index (κ2) is 8.33. The largest absolute Gasteiger partial charge is 0.466 e. The van der Waals surface area contributed by atoms with Gasteiger partial charge in [0.25, 0.3) is 5.91 Å². The molecule has 0 saturated heterocycles. The highest BCUT2D eigenvalue weighted by Crippen LogP contribution is 2.32. The number of pyridine rings is 1. The SMILES string of the molecule is CCOC(=O)CCN(Cc1ccc2c(c1)OCO2)C(=O)c1ccncc1. The van der Waals surface area contributed by atoms with Gasteiger partial charge in [-0.05, 0) is 36.8 Å². The molecule has 3 rings (SSSR count). The first-order chi connectivity index (χ1) is 12.7. The van der Waals surface area contributed by atoms with E-state index >= 15 is 0 Å². The van der Waals surface area contributed by atoms with Crippen LogP contribution in [0.25, 0.3) is 0 Å². The number of amides is 1. The van der Waals surface area contributed by atoms with E-state index in [2.05, 4.69) is 4.98 Å². The molecule has 2 aromatic rings. The van der Waals surface area contributed by atoms with Crippen molar-refractivity contribution in [2.24, 2.45) is 0 Å². The Labute approximate surface area is 151 Å². The molecule has 0 atom stereocenters. The summed E-state index contributed by atoms with van der Waals surface area (Å²) in [6.07, 6.45) is 3.27. The molecule has 1 aromatic carbocycles. The average molecular weight is 356 g/mol. The van der Waals surface area contributed by atoms with Crippen LogP contribution in [0.5, 0.6) is 11.5 Å². The summed E-state index contributed by atoms with van der Waals surface area (Å²) in [5.41, 5.74) is 1.41. The van der Waals surface area contributed by atoms with E-state index in [9.17, 15) is 9.59 Å². The van der Waals surface area contributed by atoms with Gasteiger partial charge in [-0.2, -0.15) is 0 Å². The highest BCUT2D eigenvalue weighted by Gasteiger charge is 2.20. The molecular weight excluding hydrogens is 336 g/mol. The number of benzene rings is 1. The van der Waals surface area contributed by atoms with E-state index in [0.29, 0.717) is 30.2 Å². The summed E-state index contributed by atoms with van der Waals surface area (Å²) >= 11 is 0. The standard InChI is InChI=1S/C19H20N2O5/c1-2-24-18(22)7-10-21(19(23)15-5-8-20-9-6-15)12-14-3-4-16-17(11-14)26-13-25-16/h3-6,8-9,11H,2,7,10,12-13H2,1H3. The Kier molecular flexibility index (Phi) is 5.68. The van der Waals surface area contributed by atoms with Crippen LogP contribution in [0.4, 0.5) is 0 Å². The van der Waals surface area contributed by atoms with Gasteiger partial charge in [0.05, 0.1) is 13.0 Å². The molecule has 0 aliphatic carbocycles. The molecule has 0 saturated carbocycles. The lowest BCUT2D eigenvalue weighted by Crippen LogP contribution is -2.33. The first-order valence-corrected chi connectivity index (χ1v) is 8.41. The van der Waals surface area contributed by atoms with E-state index in [1.54, 1.807) is 36.4 Å². The summed E-state index contributed by atoms with van der Waals surface area (Å²) in [6, 6.07) is 8.85. The van der Waals surface area contributed by atoms with E-state index in [1.165, 1.54) is 0 Å². The van der Waals surface area contributed by atoms with E-state index in [1.807, 2.05) is 18.2 Å². The van der Waals surface area contributed by atoms with Crippen molar-refractivity contribution >= 4 is 11.9 Å². The predicted octanol–water partition coefficient (Wildman–Crippen LogP) is 2.41. The van der Waals surface area contributed by atoms with Crippen LogP contribution in [0, 0.1) is 0 Å². The Bertz CT molecular complexity index is 779. The average Bonchev–Trinajstić information content (AvgIpc) is 3.13. The summed E-state index contributed by atoms with van der Waals surface area (Å²) in [6.45, 7) is 2.87. The zero-order chi connectivity index (χ0) is 18.4. The van der Waals surface area contributed by atoms with Gasteiger partial charge < -0.3 is 19.1 Å². The number of esters is 1. The molecule has 1 aromatic heterocycles. The smallest absolute Gasteiger partial charge is 0.307 e. The lowest BCUT2D eigenvalue weighted by molar-refractivity contribution is -0.143. The van der Waals surface area contributed by atoms with Crippen molar-refractivity contribution in [1.82, 2.24) is 9.88 Å². The molecule has 7 heteroatoms. The molecule has 2 heterocycles. The Balaban J connectivity index is 1.75. The van der Waals surface area contributed by atoms with Crippen molar-refractivity contribution in [3.05, 3.63) is 53.9 Å². The van der Waals surface area contributed by atoms with Crippen LogP contribution in [0.15, 0.2) is 42.7 Å². The maximum Gasteiger partial charge on any atom is 0.307 e. The van der Waals surface area contributed by atoms with Gasteiger partial charge in [0.15, 0.2) is 11.5 Å². The minimum absolute atomic E-state index is 0.134.